The molecule has 0 saturated heterocycles. The molecule has 164 valence electrons. The Bertz CT molecular complexity index is 1240. The molecule has 0 N–H and O–H groups in total. The van der Waals surface area contributed by atoms with Gasteiger partial charge >= 0.3 is 5.97 Å². The third-order valence-corrected chi connectivity index (χ3v) is 5.71. The third-order valence-electron chi connectivity index (χ3n) is 5.16. The summed E-state index contributed by atoms with van der Waals surface area (Å²) in [6.07, 6.45) is 2.10. The number of benzene rings is 3. The smallest absolute Gasteiger partial charge is 0.339 e. The number of hydrogen-bond donors (Lipinski definition) is 0. The van der Waals surface area contributed by atoms with E-state index >= 15 is 0 Å². The van der Waals surface area contributed by atoms with Gasteiger partial charge in [0.05, 0.1) is 22.3 Å². The van der Waals surface area contributed by atoms with Gasteiger partial charge in [0.15, 0.2) is 0 Å². The van der Waals surface area contributed by atoms with Crippen molar-refractivity contribution in [1.29, 1.82) is 0 Å². The van der Waals surface area contributed by atoms with Gasteiger partial charge in [-0.2, -0.15) is 11.8 Å². The number of fused-ring (bicyclic) bond motifs is 1. The van der Waals surface area contributed by atoms with Gasteiger partial charge < -0.3 is 9.30 Å². The second-order valence-electron chi connectivity index (χ2n) is 8.78. The predicted octanol–water partition coefficient (Wildman–Crippen LogP) is 6.57. The SMILES string of the molecule is CSCc1nc2ccccc2n1Cc1ccc(-c2ccccc2C(=O)OC(C)(C)C)cc1. The van der Waals surface area contributed by atoms with Gasteiger partial charge in [-0.05, 0) is 61.9 Å². The van der Waals surface area contributed by atoms with E-state index in [0.29, 0.717) is 5.56 Å². The van der Waals surface area contributed by atoms with Crippen LogP contribution < -0.4 is 0 Å². The fourth-order valence-corrected chi connectivity index (χ4v) is 4.24. The van der Waals surface area contributed by atoms with Crippen LogP contribution >= 0.6 is 11.8 Å². The quantitative estimate of drug-likeness (QED) is 0.316. The van der Waals surface area contributed by atoms with Crippen molar-refractivity contribution >= 4 is 28.8 Å². The normalized spacial score (nSPS) is 11.6. The zero-order chi connectivity index (χ0) is 22.7. The average Bonchev–Trinajstić information content (AvgIpc) is 3.10. The molecule has 0 bridgehead atoms. The van der Waals surface area contributed by atoms with E-state index in [1.54, 1.807) is 11.8 Å². The molecule has 4 nitrogen and oxygen atoms in total. The average molecular weight is 445 g/mol. The number of rotatable bonds is 6. The van der Waals surface area contributed by atoms with Crippen LogP contribution in [0.3, 0.4) is 0 Å². The molecule has 0 aliphatic heterocycles. The fourth-order valence-electron chi connectivity index (χ4n) is 3.76. The number of hydrogen-bond acceptors (Lipinski definition) is 4. The topological polar surface area (TPSA) is 44.1 Å². The minimum atomic E-state index is -0.532. The van der Waals surface area contributed by atoms with Gasteiger partial charge in [-0.15, -0.1) is 0 Å². The molecule has 0 fully saturated rings. The largest absolute Gasteiger partial charge is 0.456 e. The van der Waals surface area contributed by atoms with Gasteiger partial charge in [0, 0.05) is 6.54 Å². The number of para-hydroxylation sites is 2. The molecular weight excluding hydrogens is 416 g/mol. The number of carbonyl (C=O) groups excluding carboxylic acids is 1. The lowest BCUT2D eigenvalue weighted by atomic mass is 9.98. The highest BCUT2D eigenvalue weighted by Crippen LogP contribution is 2.27. The molecule has 0 unspecified atom stereocenters. The van der Waals surface area contributed by atoms with E-state index in [2.05, 4.69) is 53.3 Å². The standard InChI is InChI=1S/C27H28N2O2S/c1-27(2,3)31-26(30)22-10-6-5-9-21(22)20-15-13-19(14-16-20)17-29-24-12-8-7-11-23(24)28-25(29)18-32-4/h5-16H,17-18H2,1-4H3. The van der Waals surface area contributed by atoms with Crippen molar-refractivity contribution in [3.8, 4) is 11.1 Å². The maximum atomic E-state index is 12.7. The second kappa shape index (κ2) is 9.21. The Labute approximate surface area is 193 Å². The number of esters is 1. The summed E-state index contributed by atoms with van der Waals surface area (Å²) in [4.78, 5) is 17.5. The van der Waals surface area contributed by atoms with Crippen LogP contribution in [0.4, 0.5) is 0 Å². The lowest BCUT2D eigenvalue weighted by Crippen LogP contribution is -2.24. The van der Waals surface area contributed by atoms with E-state index in [1.165, 1.54) is 5.56 Å². The maximum Gasteiger partial charge on any atom is 0.339 e. The highest BCUT2D eigenvalue weighted by Gasteiger charge is 2.20. The highest BCUT2D eigenvalue weighted by atomic mass is 32.2. The summed E-state index contributed by atoms with van der Waals surface area (Å²) in [5.41, 5.74) is 5.29. The van der Waals surface area contributed by atoms with E-state index < -0.39 is 5.60 Å². The Balaban J connectivity index is 1.63. The lowest BCUT2D eigenvalue weighted by molar-refractivity contribution is 0.00704. The molecule has 0 amide bonds. The number of ether oxygens (including phenoxy) is 1. The van der Waals surface area contributed by atoms with Gasteiger partial charge in [-0.1, -0.05) is 54.6 Å². The molecule has 3 aromatic carbocycles. The number of imidazole rings is 1. The molecule has 0 spiro atoms. The van der Waals surface area contributed by atoms with Gasteiger partial charge in [0.25, 0.3) is 0 Å². The van der Waals surface area contributed by atoms with Gasteiger partial charge in [0.2, 0.25) is 0 Å². The summed E-state index contributed by atoms with van der Waals surface area (Å²) in [5.74, 6) is 1.65. The van der Waals surface area contributed by atoms with Gasteiger partial charge in [-0.25, -0.2) is 9.78 Å². The molecule has 0 radical (unpaired) electrons. The molecule has 0 aliphatic carbocycles. The van der Waals surface area contributed by atoms with Crippen molar-refractivity contribution in [2.24, 2.45) is 0 Å². The zero-order valence-corrected chi connectivity index (χ0v) is 19.8. The first-order chi connectivity index (χ1) is 15.4. The Morgan fingerprint density at radius 2 is 1.66 bits per heavy atom. The van der Waals surface area contributed by atoms with Crippen LogP contribution in [0, 0.1) is 0 Å². The van der Waals surface area contributed by atoms with Crippen molar-refractivity contribution in [3.63, 3.8) is 0 Å². The first-order valence-corrected chi connectivity index (χ1v) is 12.1. The number of carbonyl (C=O) groups is 1. The van der Waals surface area contributed by atoms with Crippen LogP contribution in [0.5, 0.6) is 0 Å². The Kier molecular flexibility index (Phi) is 6.38. The van der Waals surface area contributed by atoms with Crippen LogP contribution in [0.2, 0.25) is 0 Å². The third kappa shape index (κ3) is 4.89. The summed E-state index contributed by atoms with van der Waals surface area (Å²) in [6.45, 7) is 6.40. The molecule has 32 heavy (non-hydrogen) atoms. The van der Waals surface area contributed by atoms with Gasteiger partial charge in [0.1, 0.15) is 11.4 Å². The summed E-state index contributed by atoms with van der Waals surface area (Å²) in [5, 5.41) is 0. The maximum absolute atomic E-state index is 12.7. The van der Waals surface area contributed by atoms with Crippen LogP contribution in [-0.2, 0) is 17.0 Å². The summed E-state index contributed by atoms with van der Waals surface area (Å²) in [7, 11) is 0. The highest BCUT2D eigenvalue weighted by molar-refractivity contribution is 7.97. The van der Waals surface area contributed by atoms with E-state index in [1.807, 2.05) is 51.1 Å². The van der Waals surface area contributed by atoms with E-state index in [4.69, 9.17) is 9.72 Å². The minimum Gasteiger partial charge on any atom is -0.456 e. The Morgan fingerprint density at radius 1 is 0.969 bits per heavy atom. The lowest BCUT2D eigenvalue weighted by Gasteiger charge is -2.20. The first-order valence-electron chi connectivity index (χ1n) is 10.7. The molecule has 0 saturated carbocycles. The van der Waals surface area contributed by atoms with E-state index in [-0.39, 0.29) is 5.97 Å². The molecule has 1 aromatic heterocycles. The molecule has 4 rings (SSSR count). The molecule has 5 heteroatoms. The van der Waals surface area contributed by atoms with E-state index in [9.17, 15) is 4.79 Å². The minimum absolute atomic E-state index is 0.302. The Hall–Kier alpha value is -3.05. The second-order valence-corrected chi connectivity index (χ2v) is 9.65. The Morgan fingerprint density at radius 3 is 2.38 bits per heavy atom. The first kappa shape index (κ1) is 22.2. The molecule has 0 atom stereocenters. The number of nitrogens with zero attached hydrogens (tertiary/aromatic N) is 2. The molecular formula is C27H28N2O2S. The summed E-state index contributed by atoms with van der Waals surface area (Å²) >= 11 is 1.78. The van der Waals surface area contributed by atoms with Crippen LogP contribution in [0.1, 0.15) is 42.5 Å². The van der Waals surface area contributed by atoms with Crippen molar-refractivity contribution in [2.45, 2.75) is 38.7 Å². The zero-order valence-electron chi connectivity index (χ0n) is 19.0. The van der Waals surface area contributed by atoms with Crippen molar-refractivity contribution in [1.82, 2.24) is 9.55 Å². The van der Waals surface area contributed by atoms with Crippen molar-refractivity contribution in [3.05, 3.63) is 89.7 Å². The van der Waals surface area contributed by atoms with Crippen molar-refractivity contribution in [2.75, 3.05) is 6.26 Å². The molecule has 4 aromatic rings. The van der Waals surface area contributed by atoms with Crippen LogP contribution in [0.25, 0.3) is 22.2 Å². The molecule has 1 heterocycles. The number of aromatic nitrogens is 2. The number of thioether (sulfide) groups is 1. The van der Waals surface area contributed by atoms with Crippen molar-refractivity contribution < 1.29 is 9.53 Å². The van der Waals surface area contributed by atoms with Crippen LogP contribution in [-0.4, -0.2) is 27.4 Å². The molecule has 0 aliphatic rings. The fraction of sp³-hybridized carbons (Fsp3) is 0.259. The summed E-state index contributed by atoms with van der Waals surface area (Å²) < 4.78 is 7.89. The van der Waals surface area contributed by atoms with E-state index in [0.717, 1.165) is 40.3 Å². The summed E-state index contributed by atoms with van der Waals surface area (Å²) in [6, 6.07) is 24.3. The monoisotopic (exact) mass is 444 g/mol. The predicted molar refractivity (Wildman–Crippen MR) is 133 cm³/mol. The van der Waals surface area contributed by atoms with Gasteiger partial charge in [-0.3, -0.25) is 0 Å². The van der Waals surface area contributed by atoms with Crippen LogP contribution in [0.15, 0.2) is 72.8 Å².